The van der Waals surface area contributed by atoms with Crippen LogP contribution < -0.4 is 5.73 Å². The lowest BCUT2D eigenvalue weighted by Crippen LogP contribution is -2.45. The Morgan fingerprint density at radius 1 is 1.14 bits per heavy atom. The average molecular weight is 299 g/mol. The second kappa shape index (κ2) is 6.39. The maximum Gasteiger partial charge on any atom is 0.416 e. The minimum absolute atomic E-state index is 0.246. The number of nitrogens with two attached hydrogens (primary N) is 1. The van der Waals surface area contributed by atoms with Gasteiger partial charge in [0.25, 0.3) is 0 Å². The monoisotopic (exact) mass is 299 g/mol. The van der Waals surface area contributed by atoms with Crippen molar-refractivity contribution in [1.29, 1.82) is 0 Å². The Morgan fingerprint density at radius 3 is 2.19 bits per heavy atom. The van der Waals surface area contributed by atoms with Crippen LogP contribution in [0, 0.1) is 5.92 Å². The van der Waals surface area contributed by atoms with Gasteiger partial charge in [0.15, 0.2) is 0 Å². The first-order valence-corrected chi connectivity index (χ1v) is 7.77. The van der Waals surface area contributed by atoms with Crippen LogP contribution in [0.2, 0.25) is 0 Å². The number of rotatable bonds is 4. The molecule has 0 spiro atoms. The molecular formula is C17H24F3N. The molecule has 0 bridgehead atoms. The second-order valence-electron chi connectivity index (χ2n) is 6.47. The molecule has 1 aliphatic rings. The fraction of sp³-hybridized carbons (Fsp3) is 0.647. The van der Waals surface area contributed by atoms with E-state index in [9.17, 15) is 13.2 Å². The van der Waals surface area contributed by atoms with E-state index in [1.54, 1.807) is 12.1 Å². The summed E-state index contributed by atoms with van der Waals surface area (Å²) < 4.78 is 37.6. The van der Waals surface area contributed by atoms with Gasteiger partial charge in [-0.05, 0) is 55.7 Å². The Morgan fingerprint density at radius 2 is 1.71 bits per heavy atom. The van der Waals surface area contributed by atoms with Crippen molar-refractivity contribution in [2.45, 2.75) is 63.6 Å². The van der Waals surface area contributed by atoms with Crippen LogP contribution in [0.4, 0.5) is 13.2 Å². The molecule has 1 aromatic rings. The third-order valence-electron chi connectivity index (χ3n) is 4.64. The third kappa shape index (κ3) is 4.47. The minimum Gasteiger partial charge on any atom is -0.325 e. The van der Waals surface area contributed by atoms with E-state index in [4.69, 9.17) is 5.73 Å². The van der Waals surface area contributed by atoms with E-state index in [1.165, 1.54) is 12.8 Å². The summed E-state index contributed by atoms with van der Waals surface area (Å²) >= 11 is 0. The number of hydrogen-bond acceptors (Lipinski definition) is 1. The third-order valence-corrected chi connectivity index (χ3v) is 4.64. The van der Waals surface area contributed by atoms with Gasteiger partial charge < -0.3 is 5.73 Å². The first kappa shape index (κ1) is 16.3. The Bertz CT molecular complexity index is 442. The molecule has 1 aliphatic carbocycles. The molecule has 0 saturated heterocycles. The van der Waals surface area contributed by atoms with Gasteiger partial charge in [-0.2, -0.15) is 13.2 Å². The molecule has 0 aliphatic heterocycles. The van der Waals surface area contributed by atoms with Crippen molar-refractivity contribution in [3.05, 3.63) is 35.4 Å². The zero-order valence-corrected chi connectivity index (χ0v) is 12.5. The second-order valence-corrected chi connectivity index (χ2v) is 6.47. The summed E-state index contributed by atoms with van der Waals surface area (Å²) in [6.07, 6.45) is 3.10. The van der Waals surface area contributed by atoms with Crippen LogP contribution in [0.5, 0.6) is 0 Å². The summed E-state index contributed by atoms with van der Waals surface area (Å²) in [4.78, 5) is 0. The number of halogens is 3. The van der Waals surface area contributed by atoms with Crippen molar-refractivity contribution >= 4 is 0 Å². The van der Waals surface area contributed by atoms with Gasteiger partial charge >= 0.3 is 6.18 Å². The Hall–Kier alpha value is -1.03. The van der Waals surface area contributed by atoms with Gasteiger partial charge in [0.1, 0.15) is 0 Å². The van der Waals surface area contributed by atoms with Crippen LogP contribution >= 0.6 is 0 Å². The molecule has 1 aromatic carbocycles. The molecule has 21 heavy (non-hydrogen) atoms. The van der Waals surface area contributed by atoms with Crippen LogP contribution in [-0.2, 0) is 12.6 Å². The van der Waals surface area contributed by atoms with Gasteiger partial charge in [0.2, 0.25) is 0 Å². The van der Waals surface area contributed by atoms with Crippen molar-refractivity contribution in [3.8, 4) is 0 Å². The highest BCUT2D eigenvalue weighted by atomic mass is 19.4. The van der Waals surface area contributed by atoms with E-state index < -0.39 is 11.7 Å². The van der Waals surface area contributed by atoms with Gasteiger partial charge in [-0.25, -0.2) is 0 Å². The molecule has 4 heteroatoms. The lowest BCUT2D eigenvalue weighted by Gasteiger charge is -2.37. The molecule has 2 rings (SSSR count). The van der Waals surface area contributed by atoms with E-state index in [1.807, 2.05) is 0 Å². The number of hydrogen-bond donors (Lipinski definition) is 1. The molecule has 0 heterocycles. The summed E-state index contributed by atoms with van der Waals surface area (Å²) in [5, 5.41) is 0. The maximum absolute atomic E-state index is 12.5. The van der Waals surface area contributed by atoms with E-state index in [2.05, 4.69) is 6.92 Å². The number of benzene rings is 1. The molecule has 1 nitrogen and oxygen atoms in total. The predicted octanol–water partition coefficient (Wildman–Crippen LogP) is 4.94. The average Bonchev–Trinajstić information content (AvgIpc) is 2.41. The highest BCUT2D eigenvalue weighted by molar-refractivity contribution is 5.26. The Balaban J connectivity index is 1.95. The lowest BCUT2D eigenvalue weighted by molar-refractivity contribution is -0.137. The lowest BCUT2D eigenvalue weighted by atomic mass is 9.73. The first-order chi connectivity index (χ1) is 9.82. The largest absolute Gasteiger partial charge is 0.416 e. The van der Waals surface area contributed by atoms with Crippen LogP contribution in [0.1, 0.15) is 56.6 Å². The van der Waals surface area contributed by atoms with Gasteiger partial charge in [-0.3, -0.25) is 0 Å². The van der Waals surface area contributed by atoms with Crippen molar-refractivity contribution in [2.75, 3.05) is 0 Å². The highest BCUT2D eigenvalue weighted by Gasteiger charge is 2.33. The molecule has 0 aromatic heterocycles. The van der Waals surface area contributed by atoms with E-state index in [0.29, 0.717) is 6.42 Å². The van der Waals surface area contributed by atoms with Gasteiger partial charge in [-0.15, -0.1) is 0 Å². The SMILES string of the molecule is CCCC1CCC(N)(Cc2ccc(C(F)(F)F)cc2)CC1. The van der Waals surface area contributed by atoms with E-state index >= 15 is 0 Å². The summed E-state index contributed by atoms with van der Waals surface area (Å²) in [5.41, 5.74) is 6.51. The first-order valence-electron chi connectivity index (χ1n) is 7.77. The zero-order valence-electron chi connectivity index (χ0n) is 12.5. The molecule has 118 valence electrons. The topological polar surface area (TPSA) is 26.0 Å². The van der Waals surface area contributed by atoms with Gasteiger partial charge in [-0.1, -0.05) is 31.9 Å². The summed E-state index contributed by atoms with van der Waals surface area (Å²) in [5.74, 6) is 0.777. The van der Waals surface area contributed by atoms with Crippen LogP contribution in [0.3, 0.4) is 0 Å². The molecule has 2 N–H and O–H groups in total. The Labute approximate surface area is 124 Å². The molecule has 0 unspecified atom stereocenters. The molecule has 0 radical (unpaired) electrons. The van der Waals surface area contributed by atoms with E-state index in [-0.39, 0.29) is 5.54 Å². The minimum atomic E-state index is -4.27. The quantitative estimate of drug-likeness (QED) is 0.837. The molecule has 1 fully saturated rings. The predicted molar refractivity (Wildman–Crippen MR) is 78.9 cm³/mol. The number of alkyl halides is 3. The van der Waals surface area contributed by atoms with Crippen molar-refractivity contribution in [2.24, 2.45) is 11.7 Å². The fourth-order valence-corrected chi connectivity index (χ4v) is 3.34. The summed E-state index contributed by atoms with van der Waals surface area (Å²) in [7, 11) is 0. The smallest absolute Gasteiger partial charge is 0.325 e. The van der Waals surface area contributed by atoms with Crippen molar-refractivity contribution in [3.63, 3.8) is 0 Å². The summed E-state index contributed by atoms with van der Waals surface area (Å²) in [6, 6.07) is 5.44. The van der Waals surface area contributed by atoms with Crippen LogP contribution in [0.15, 0.2) is 24.3 Å². The van der Waals surface area contributed by atoms with Gasteiger partial charge in [0, 0.05) is 5.54 Å². The van der Waals surface area contributed by atoms with Crippen LogP contribution in [0.25, 0.3) is 0 Å². The standard InChI is InChI=1S/C17H24F3N/c1-2-3-13-8-10-16(21,11-9-13)12-14-4-6-15(7-5-14)17(18,19)20/h4-7,13H,2-3,8-12,21H2,1H3. The maximum atomic E-state index is 12.5. The molecule has 0 amide bonds. The van der Waals surface area contributed by atoms with Crippen molar-refractivity contribution in [1.82, 2.24) is 0 Å². The highest BCUT2D eigenvalue weighted by Crippen LogP contribution is 2.35. The Kier molecular flexibility index (Phi) is 4.97. The molecule has 1 saturated carbocycles. The normalized spacial score (nSPS) is 26.8. The van der Waals surface area contributed by atoms with Gasteiger partial charge in [0.05, 0.1) is 5.56 Å². The zero-order chi connectivity index (χ0) is 15.5. The fourth-order valence-electron chi connectivity index (χ4n) is 3.34. The van der Waals surface area contributed by atoms with Crippen LogP contribution in [-0.4, -0.2) is 5.54 Å². The van der Waals surface area contributed by atoms with Crippen molar-refractivity contribution < 1.29 is 13.2 Å². The van der Waals surface area contributed by atoms with E-state index in [0.717, 1.165) is 49.3 Å². The summed E-state index contributed by atoms with van der Waals surface area (Å²) in [6.45, 7) is 2.20. The molecule has 0 atom stereocenters. The molecular weight excluding hydrogens is 275 g/mol.